The van der Waals surface area contributed by atoms with E-state index in [0.717, 1.165) is 51.7 Å². The van der Waals surface area contributed by atoms with Gasteiger partial charge in [0.2, 0.25) is 0 Å². The van der Waals surface area contributed by atoms with Crippen LogP contribution in [0.2, 0.25) is 0 Å². The number of morpholine rings is 1. The molecule has 2 fully saturated rings. The van der Waals surface area contributed by atoms with Crippen LogP contribution in [-0.2, 0) is 17.7 Å². The van der Waals surface area contributed by atoms with E-state index in [9.17, 15) is 0 Å². The molecule has 1 aromatic heterocycles. The number of hydrogen-bond acceptors (Lipinski definition) is 4. The van der Waals surface area contributed by atoms with Crippen molar-refractivity contribution in [1.82, 2.24) is 15.1 Å². The molecule has 0 saturated carbocycles. The Morgan fingerprint density at radius 1 is 1.21 bits per heavy atom. The van der Waals surface area contributed by atoms with Gasteiger partial charge in [-0.25, -0.2) is 0 Å². The van der Waals surface area contributed by atoms with E-state index in [1.807, 2.05) is 18.4 Å². The number of aliphatic imine (C=N–C) groups is 1. The summed E-state index contributed by atoms with van der Waals surface area (Å²) in [5.74, 6) is 0.990. The SMILES string of the molecule is CN=C(NCCc1cccs1)N1CC2OCCN(Cc3ccccc3)C2C1.I. The first-order chi connectivity index (χ1) is 13.3. The molecule has 152 valence electrons. The summed E-state index contributed by atoms with van der Waals surface area (Å²) in [4.78, 5) is 10.9. The molecule has 1 N–H and O–H groups in total. The normalized spacial score (nSPS) is 22.6. The highest BCUT2D eigenvalue weighted by atomic mass is 127. The lowest BCUT2D eigenvalue weighted by atomic mass is 10.1. The van der Waals surface area contributed by atoms with Gasteiger partial charge in [0, 0.05) is 44.6 Å². The zero-order valence-corrected chi connectivity index (χ0v) is 19.4. The van der Waals surface area contributed by atoms with Crippen molar-refractivity contribution in [3.8, 4) is 0 Å². The van der Waals surface area contributed by atoms with E-state index in [0.29, 0.717) is 6.04 Å². The Kier molecular flexibility index (Phi) is 8.13. The Morgan fingerprint density at radius 2 is 2.07 bits per heavy atom. The highest BCUT2D eigenvalue weighted by Crippen LogP contribution is 2.24. The zero-order valence-electron chi connectivity index (χ0n) is 16.3. The Hall–Kier alpha value is -1.16. The minimum absolute atomic E-state index is 0. The second-order valence-corrected chi connectivity index (χ2v) is 8.17. The highest BCUT2D eigenvalue weighted by Gasteiger charge is 2.41. The molecular weight excluding hydrogens is 483 g/mol. The van der Waals surface area contributed by atoms with Crippen LogP contribution in [0.3, 0.4) is 0 Å². The van der Waals surface area contributed by atoms with E-state index < -0.39 is 0 Å². The number of nitrogens with zero attached hydrogens (tertiary/aromatic N) is 3. The number of hydrogen-bond donors (Lipinski definition) is 1. The molecule has 28 heavy (non-hydrogen) atoms. The van der Waals surface area contributed by atoms with E-state index in [4.69, 9.17) is 4.74 Å². The van der Waals surface area contributed by atoms with Gasteiger partial charge in [0.15, 0.2) is 5.96 Å². The largest absolute Gasteiger partial charge is 0.373 e. The molecule has 2 aliphatic heterocycles. The second-order valence-electron chi connectivity index (χ2n) is 7.14. The van der Waals surface area contributed by atoms with Crippen LogP contribution in [0, 0.1) is 0 Å². The molecule has 0 spiro atoms. The van der Waals surface area contributed by atoms with Gasteiger partial charge in [-0.05, 0) is 23.4 Å². The fourth-order valence-corrected chi connectivity index (χ4v) is 4.74. The number of ether oxygens (including phenoxy) is 1. The Morgan fingerprint density at radius 3 is 2.82 bits per heavy atom. The van der Waals surface area contributed by atoms with Crippen LogP contribution in [-0.4, -0.2) is 67.7 Å². The van der Waals surface area contributed by atoms with Crippen LogP contribution in [0.5, 0.6) is 0 Å². The molecule has 5 nitrogen and oxygen atoms in total. The molecule has 0 bridgehead atoms. The van der Waals surface area contributed by atoms with Crippen molar-refractivity contribution in [2.24, 2.45) is 4.99 Å². The maximum atomic E-state index is 6.09. The second kappa shape index (κ2) is 10.6. The van der Waals surface area contributed by atoms with Crippen LogP contribution in [0.15, 0.2) is 52.8 Å². The summed E-state index contributed by atoms with van der Waals surface area (Å²) in [5.41, 5.74) is 1.37. The fraction of sp³-hybridized carbons (Fsp3) is 0.476. The minimum atomic E-state index is 0. The maximum Gasteiger partial charge on any atom is 0.193 e. The fourth-order valence-electron chi connectivity index (χ4n) is 4.03. The quantitative estimate of drug-likeness (QED) is 0.380. The molecule has 0 amide bonds. The van der Waals surface area contributed by atoms with Gasteiger partial charge in [-0.1, -0.05) is 36.4 Å². The molecule has 4 rings (SSSR count). The third-order valence-corrected chi connectivity index (χ3v) is 6.33. The van der Waals surface area contributed by atoms with E-state index >= 15 is 0 Å². The van der Waals surface area contributed by atoms with Gasteiger partial charge in [0.05, 0.1) is 18.8 Å². The minimum Gasteiger partial charge on any atom is -0.373 e. The van der Waals surface area contributed by atoms with Crippen molar-refractivity contribution in [2.45, 2.75) is 25.1 Å². The Balaban J connectivity index is 0.00000225. The molecular formula is C21H29IN4OS. The van der Waals surface area contributed by atoms with Crippen molar-refractivity contribution >= 4 is 41.3 Å². The van der Waals surface area contributed by atoms with Crippen molar-refractivity contribution < 1.29 is 4.74 Å². The number of nitrogens with one attached hydrogen (secondary N) is 1. The summed E-state index contributed by atoms with van der Waals surface area (Å²) in [6.07, 6.45) is 1.30. The van der Waals surface area contributed by atoms with Crippen LogP contribution < -0.4 is 5.32 Å². The van der Waals surface area contributed by atoms with Crippen molar-refractivity contribution in [2.75, 3.05) is 39.8 Å². The molecule has 0 aliphatic carbocycles. The monoisotopic (exact) mass is 512 g/mol. The predicted molar refractivity (Wildman–Crippen MR) is 127 cm³/mol. The smallest absolute Gasteiger partial charge is 0.193 e. The van der Waals surface area contributed by atoms with Gasteiger partial charge in [0.25, 0.3) is 0 Å². The maximum absolute atomic E-state index is 6.09. The summed E-state index contributed by atoms with van der Waals surface area (Å²) >= 11 is 1.81. The molecule has 2 aliphatic rings. The number of benzene rings is 1. The van der Waals surface area contributed by atoms with Gasteiger partial charge < -0.3 is 15.0 Å². The van der Waals surface area contributed by atoms with Crippen molar-refractivity contribution in [3.63, 3.8) is 0 Å². The summed E-state index contributed by atoms with van der Waals surface area (Å²) in [7, 11) is 1.87. The first kappa shape index (κ1) is 21.5. The highest BCUT2D eigenvalue weighted by molar-refractivity contribution is 14.0. The van der Waals surface area contributed by atoms with Gasteiger partial charge in [-0.15, -0.1) is 35.3 Å². The van der Waals surface area contributed by atoms with E-state index in [1.165, 1.54) is 10.4 Å². The summed E-state index contributed by atoms with van der Waals surface area (Å²) in [6, 6.07) is 15.5. The van der Waals surface area contributed by atoms with E-state index in [1.54, 1.807) is 0 Å². The molecule has 2 unspecified atom stereocenters. The molecule has 1 aromatic carbocycles. The van der Waals surface area contributed by atoms with Crippen LogP contribution in [0.4, 0.5) is 0 Å². The van der Waals surface area contributed by atoms with Gasteiger partial charge >= 0.3 is 0 Å². The first-order valence-electron chi connectivity index (χ1n) is 9.71. The van der Waals surface area contributed by atoms with Crippen LogP contribution in [0.1, 0.15) is 10.4 Å². The lowest BCUT2D eigenvalue weighted by molar-refractivity contribution is -0.0502. The molecule has 2 atom stereocenters. The van der Waals surface area contributed by atoms with E-state index in [2.05, 4.69) is 68.0 Å². The Bertz CT molecular complexity index is 740. The number of rotatable bonds is 5. The average molecular weight is 512 g/mol. The number of likely N-dealkylation sites (tertiary alicyclic amines) is 1. The summed E-state index contributed by atoms with van der Waals surface area (Å²) in [6.45, 7) is 5.59. The van der Waals surface area contributed by atoms with Crippen LogP contribution in [0.25, 0.3) is 0 Å². The molecule has 7 heteroatoms. The summed E-state index contributed by atoms with van der Waals surface area (Å²) < 4.78 is 6.09. The van der Waals surface area contributed by atoms with Gasteiger partial charge in [-0.2, -0.15) is 0 Å². The van der Waals surface area contributed by atoms with Crippen LogP contribution >= 0.6 is 35.3 Å². The third-order valence-electron chi connectivity index (χ3n) is 5.39. The van der Waals surface area contributed by atoms with Gasteiger partial charge in [-0.3, -0.25) is 9.89 Å². The van der Waals surface area contributed by atoms with Gasteiger partial charge in [0.1, 0.15) is 0 Å². The molecule has 2 aromatic rings. The van der Waals surface area contributed by atoms with E-state index in [-0.39, 0.29) is 30.1 Å². The standard InChI is InChI=1S/C21H28N4OS.HI/c1-22-21(23-10-9-18-8-5-13-27-18)25-15-19-20(16-25)26-12-11-24(19)14-17-6-3-2-4-7-17;/h2-8,13,19-20H,9-12,14-16H2,1H3,(H,22,23);1H. The molecule has 2 saturated heterocycles. The number of fused-ring (bicyclic) bond motifs is 1. The number of thiophene rings is 1. The Labute approximate surface area is 188 Å². The molecule has 0 radical (unpaired) electrons. The third kappa shape index (κ3) is 5.25. The number of guanidine groups is 1. The van der Waals surface area contributed by atoms with Crippen molar-refractivity contribution in [1.29, 1.82) is 0 Å². The summed E-state index contributed by atoms with van der Waals surface area (Å²) in [5, 5.41) is 5.67. The average Bonchev–Trinajstić information content (AvgIpc) is 3.36. The lowest BCUT2D eigenvalue weighted by Gasteiger charge is -2.36. The first-order valence-corrected chi connectivity index (χ1v) is 10.6. The zero-order chi connectivity index (χ0) is 18.5. The number of halogens is 1. The lowest BCUT2D eigenvalue weighted by Crippen LogP contribution is -2.50. The predicted octanol–water partition coefficient (Wildman–Crippen LogP) is 3.07. The topological polar surface area (TPSA) is 40.1 Å². The van der Waals surface area contributed by atoms with Crippen molar-refractivity contribution in [3.05, 3.63) is 58.3 Å². The molecule has 3 heterocycles.